The Kier molecular flexibility index (Phi) is 5.47. The zero-order valence-electron chi connectivity index (χ0n) is 13.6. The van der Waals surface area contributed by atoms with E-state index in [4.69, 9.17) is 21.1 Å². The Balaban J connectivity index is 2.12. The van der Waals surface area contributed by atoms with E-state index < -0.39 is 17.6 Å². The number of anilines is 1. The maximum atomic E-state index is 12.5. The molecule has 0 aliphatic rings. The topological polar surface area (TPSA) is 107 Å². The molecule has 4 N–H and O–H groups in total. The fourth-order valence-electron chi connectivity index (χ4n) is 1.93. The second kappa shape index (κ2) is 7.57. The summed E-state index contributed by atoms with van der Waals surface area (Å²) in [5.74, 6) is 0.225. The number of amidine groups is 1. The highest BCUT2D eigenvalue weighted by atomic mass is 19.4. The van der Waals surface area contributed by atoms with E-state index in [0.29, 0.717) is 17.0 Å². The Labute approximate surface area is 147 Å². The Bertz CT molecular complexity index is 883. The van der Waals surface area contributed by atoms with Crippen LogP contribution in [0, 0.1) is 23.7 Å². The van der Waals surface area contributed by atoms with Gasteiger partial charge in [-0.05, 0) is 55.0 Å². The van der Waals surface area contributed by atoms with Gasteiger partial charge in [0.1, 0.15) is 17.6 Å². The smallest absolute Gasteiger partial charge is 0.416 e. The molecule has 2 aromatic rings. The lowest BCUT2D eigenvalue weighted by molar-refractivity contribution is -0.137. The molecule has 0 bridgehead atoms. The molecule has 0 aromatic heterocycles. The predicted molar refractivity (Wildman–Crippen MR) is 91.3 cm³/mol. The average molecular weight is 361 g/mol. The number of aryl methyl sites for hydroxylation is 1. The third-order valence-electron chi connectivity index (χ3n) is 3.26. The van der Waals surface area contributed by atoms with Crippen molar-refractivity contribution in [3.63, 3.8) is 0 Å². The quantitative estimate of drug-likeness (QED) is 0.424. The number of halogens is 3. The molecule has 0 amide bonds. The van der Waals surface area contributed by atoms with Gasteiger partial charge < -0.3 is 10.5 Å². The van der Waals surface area contributed by atoms with Crippen molar-refractivity contribution >= 4 is 17.2 Å². The number of nitriles is 1. The lowest BCUT2D eigenvalue weighted by atomic mass is 10.2. The van der Waals surface area contributed by atoms with Crippen LogP contribution < -0.4 is 15.9 Å². The van der Waals surface area contributed by atoms with Crippen molar-refractivity contribution in [1.82, 2.24) is 0 Å². The summed E-state index contributed by atoms with van der Waals surface area (Å²) < 4.78 is 43.2. The Morgan fingerprint density at radius 3 is 2.31 bits per heavy atom. The highest BCUT2D eigenvalue weighted by Crippen LogP contribution is 2.32. The second-order valence-corrected chi connectivity index (χ2v) is 5.20. The van der Waals surface area contributed by atoms with Crippen molar-refractivity contribution in [2.45, 2.75) is 13.1 Å². The van der Waals surface area contributed by atoms with Crippen LogP contribution in [0.15, 0.2) is 47.6 Å². The van der Waals surface area contributed by atoms with Crippen molar-refractivity contribution in [3.8, 4) is 17.6 Å². The molecule has 2 rings (SSSR count). The molecule has 0 atom stereocenters. The molecular formula is C17H14F3N5O. The molecule has 0 saturated carbocycles. The van der Waals surface area contributed by atoms with Crippen molar-refractivity contribution in [2.75, 3.05) is 5.43 Å². The van der Waals surface area contributed by atoms with Crippen molar-refractivity contribution in [2.24, 2.45) is 10.8 Å². The molecule has 9 heteroatoms. The first kappa shape index (κ1) is 18.8. The number of hydrazone groups is 1. The maximum Gasteiger partial charge on any atom is 0.416 e. The first-order valence-electron chi connectivity index (χ1n) is 7.24. The van der Waals surface area contributed by atoms with E-state index >= 15 is 0 Å². The van der Waals surface area contributed by atoms with Crippen molar-refractivity contribution < 1.29 is 17.9 Å². The zero-order valence-corrected chi connectivity index (χ0v) is 13.6. The summed E-state index contributed by atoms with van der Waals surface area (Å²) in [5, 5.41) is 19.7. The molecule has 0 saturated heterocycles. The zero-order chi connectivity index (χ0) is 19.3. The highest BCUT2D eigenvalue weighted by Gasteiger charge is 2.30. The van der Waals surface area contributed by atoms with Crippen LogP contribution in [0.3, 0.4) is 0 Å². The van der Waals surface area contributed by atoms with Gasteiger partial charge in [-0.15, -0.1) is 0 Å². The van der Waals surface area contributed by atoms with Crippen LogP contribution >= 0.6 is 0 Å². The third-order valence-corrected chi connectivity index (χ3v) is 3.26. The minimum atomic E-state index is -4.40. The number of alkyl halides is 3. The van der Waals surface area contributed by atoms with Gasteiger partial charge >= 0.3 is 6.18 Å². The molecule has 0 fully saturated rings. The van der Waals surface area contributed by atoms with Gasteiger partial charge in [0, 0.05) is 0 Å². The molecule has 0 heterocycles. The summed E-state index contributed by atoms with van der Waals surface area (Å²) in [5.41, 5.74) is 8.08. The molecule has 6 nitrogen and oxygen atoms in total. The van der Waals surface area contributed by atoms with E-state index in [2.05, 4.69) is 10.5 Å². The molecule has 0 aliphatic heterocycles. The van der Waals surface area contributed by atoms with Crippen LogP contribution in [-0.2, 0) is 6.18 Å². The summed E-state index contributed by atoms with van der Waals surface area (Å²) in [6.45, 7) is 1.75. The van der Waals surface area contributed by atoms with E-state index in [1.165, 1.54) is 12.1 Å². The van der Waals surface area contributed by atoms with Crippen LogP contribution in [0.1, 0.15) is 11.1 Å². The number of rotatable bonds is 5. The van der Waals surface area contributed by atoms with E-state index in [-0.39, 0.29) is 11.5 Å². The first-order valence-corrected chi connectivity index (χ1v) is 7.24. The standard InChI is InChI=1S/C17H14F3N5O/c1-10-8-13(6-7-14(10)24-25-15(9-21)16(22)23)26-12-4-2-11(3-5-12)17(18,19)20/h2-8,24H,1H3,(H3,22,23)/b25-15+. The lowest BCUT2D eigenvalue weighted by Gasteiger charge is -2.11. The molecule has 0 aliphatic carbocycles. The van der Waals surface area contributed by atoms with Gasteiger partial charge in [0.2, 0.25) is 5.71 Å². The number of nitrogens with zero attached hydrogens (tertiary/aromatic N) is 2. The predicted octanol–water partition coefficient (Wildman–Crippen LogP) is 4.03. The molecule has 134 valence electrons. The average Bonchev–Trinajstić information content (AvgIpc) is 2.56. The number of nitrogens with one attached hydrogen (secondary N) is 2. The summed E-state index contributed by atoms with van der Waals surface area (Å²) in [6.07, 6.45) is -4.40. The van der Waals surface area contributed by atoms with E-state index in [1.807, 2.05) is 0 Å². The Hall–Kier alpha value is -3.54. The van der Waals surface area contributed by atoms with Gasteiger partial charge in [0.25, 0.3) is 0 Å². The van der Waals surface area contributed by atoms with Gasteiger partial charge in [-0.25, -0.2) is 0 Å². The van der Waals surface area contributed by atoms with Crippen LogP contribution in [-0.4, -0.2) is 11.5 Å². The van der Waals surface area contributed by atoms with E-state index in [1.54, 1.807) is 31.2 Å². The minimum Gasteiger partial charge on any atom is -0.457 e. The number of hydrogen-bond donors (Lipinski definition) is 3. The molecular weight excluding hydrogens is 347 g/mol. The van der Waals surface area contributed by atoms with Gasteiger partial charge in [0.15, 0.2) is 5.84 Å². The molecule has 0 radical (unpaired) electrons. The van der Waals surface area contributed by atoms with Gasteiger partial charge in [-0.3, -0.25) is 10.8 Å². The lowest BCUT2D eigenvalue weighted by Crippen LogP contribution is -2.21. The SMILES string of the molecule is Cc1cc(Oc2ccc(C(F)(F)F)cc2)ccc1N/N=C(\C#N)C(=N)N. The number of ether oxygens (including phenoxy) is 1. The normalized spacial score (nSPS) is 11.6. The van der Waals surface area contributed by atoms with Crippen molar-refractivity contribution in [3.05, 3.63) is 53.6 Å². The summed E-state index contributed by atoms with van der Waals surface area (Å²) in [7, 11) is 0. The number of hydrogen-bond acceptors (Lipinski definition) is 5. The molecule has 0 spiro atoms. The van der Waals surface area contributed by atoms with Gasteiger partial charge in [0.05, 0.1) is 11.3 Å². The first-order chi connectivity index (χ1) is 12.2. The number of benzene rings is 2. The minimum absolute atomic E-state index is 0.255. The number of nitrogens with two attached hydrogens (primary N) is 1. The molecule has 0 unspecified atom stereocenters. The van der Waals surface area contributed by atoms with Crippen LogP contribution in [0.2, 0.25) is 0 Å². The Morgan fingerprint density at radius 1 is 1.19 bits per heavy atom. The maximum absolute atomic E-state index is 12.5. The van der Waals surface area contributed by atoms with E-state index in [9.17, 15) is 13.2 Å². The van der Waals surface area contributed by atoms with Crippen LogP contribution in [0.5, 0.6) is 11.5 Å². The summed E-state index contributed by atoms with van der Waals surface area (Å²) in [6, 6.07) is 10.9. The third kappa shape index (κ3) is 4.73. The fraction of sp³-hybridized carbons (Fsp3) is 0.118. The van der Waals surface area contributed by atoms with E-state index in [0.717, 1.165) is 12.1 Å². The monoisotopic (exact) mass is 361 g/mol. The van der Waals surface area contributed by atoms with Crippen LogP contribution in [0.25, 0.3) is 0 Å². The second-order valence-electron chi connectivity index (χ2n) is 5.20. The molecule has 26 heavy (non-hydrogen) atoms. The highest BCUT2D eigenvalue weighted by molar-refractivity contribution is 6.45. The van der Waals surface area contributed by atoms with Gasteiger partial charge in [-0.2, -0.15) is 23.5 Å². The van der Waals surface area contributed by atoms with Crippen LogP contribution in [0.4, 0.5) is 18.9 Å². The summed E-state index contributed by atoms with van der Waals surface area (Å²) in [4.78, 5) is 0. The van der Waals surface area contributed by atoms with Gasteiger partial charge in [-0.1, -0.05) is 0 Å². The Morgan fingerprint density at radius 2 is 1.81 bits per heavy atom. The fourth-order valence-corrected chi connectivity index (χ4v) is 1.93. The largest absolute Gasteiger partial charge is 0.457 e. The summed E-state index contributed by atoms with van der Waals surface area (Å²) >= 11 is 0. The van der Waals surface area contributed by atoms with Crippen molar-refractivity contribution in [1.29, 1.82) is 10.7 Å². The molecule has 2 aromatic carbocycles.